The Balaban J connectivity index is 1.26. The van der Waals surface area contributed by atoms with Gasteiger partial charge in [0.1, 0.15) is 11.5 Å². The fraction of sp³-hybridized carbons (Fsp3) is 0.209. The lowest BCUT2D eigenvalue weighted by Gasteiger charge is -2.56. The van der Waals surface area contributed by atoms with E-state index in [0.717, 1.165) is 22.3 Å². The average molecular weight is 660 g/mol. The average Bonchev–Trinajstić information content (AvgIpc) is 3.41. The molecule has 4 aromatic rings. The Morgan fingerprint density at radius 2 is 1.48 bits per heavy atom. The zero-order chi connectivity index (χ0) is 34.1. The van der Waals surface area contributed by atoms with Crippen molar-refractivity contribution in [2.45, 2.75) is 24.7 Å². The molecule has 50 heavy (non-hydrogen) atoms. The molecule has 3 aliphatic carbocycles. The van der Waals surface area contributed by atoms with Gasteiger partial charge in [0.15, 0.2) is 11.6 Å². The largest absolute Gasteiger partial charge is 0.508 e. The van der Waals surface area contributed by atoms with Crippen molar-refractivity contribution in [3.63, 3.8) is 0 Å². The third-order valence-electron chi connectivity index (χ3n) is 11.5. The monoisotopic (exact) mass is 659 g/mol. The van der Waals surface area contributed by atoms with Crippen LogP contribution in [0.25, 0.3) is 5.57 Å². The Kier molecular flexibility index (Phi) is 6.88. The van der Waals surface area contributed by atoms with Crippen LogP contribution in [0, 0.1) is 29.6 Å². The maximum absolute atomic E-state index is 15.2. The quantitative estimate of drug-likeness (QED) is 0.192. The van der Waals surface area contributed by atoms with Gasteiger partial charge in [-0.3, -0.25) is 24.1 Å². The highest BCUT2D eigenvalue weighted by Gasteiger charge is 2.66. The van der Waals surface area contributed by atoms with Crippen molar-refractivity contribution < 1.29 is 29.0 Å². The Hall–Kier alpha value is -5.82. The lowest BCUT2D eigenvalue weighted by molar-refractivity contribution is -0.136. The Morgan fingerprint density at radius 3 is 2.22 bits per heavy atom. The number of ketones is 2. The van der Waals surface area contributed by atoms with Crippen LogP contribution in [0.4, 0.5) is 5.69 Å². The number of nitrogens with zero attached hydrogens (tertiary/aromatic N) is 1. The van der Waals surface area contributed by atoms with Crippen LogP contribution in [0.1, 0.15) is 29.5 Å². The van der Waals surface area contributed by atoms with E-state index in [1.807, 2.05) is 66.7 Å². The van der Waals surface area contributed by atoms with Gasteiger partial charge in [0, 0.05) is 29.4 Å². The molecule has 0 radical (unpaired) electrons. The molecule has 4 aromatic carbocycles. The number of phenols is 1. The standard InChI is InChI=1S/C43H33NO6/c45-30-16-19-36-26(21-30)20-27(24-50-36)39-31-17-18-32-38(42(49)44(41(32)48)29-14-8-3-9-15-29)34(31)22-35-40(47)33(25-10-4-1-5-11-25)23-37(46)43(35,39)28-12-6-2-7-13-28/h1-17,19,21,23-24,32,34-35,38-39,45H,18,20,22H2/t32-,34+,35-,38-,39-,43-/m0/s1. The third-order valence-corrected chi connectivity index (χ3v) is 11.5. The maximum atomic E-state index is 15.2. The van der Waals surface area contributed by atoms with Gasteiger partial charge in [0.2, 0.25) is 11.8 Å². The van der Waals surface area contributed by atoms with E-state index in [2.05, 4.69) is 6.08 Å². The molecule has 2 heterocycles. The van der Waals surface area contributed by atoms with Crippen molar-refractivity contribution in [2.24, 2.45) is 29.6 Å². The van der Waals surface area contributed by atoms with E-state index in [0.29, 0.717) is 35.4 Å². The van der Waals surface area contributed by atoms with E-state index in [1.165, 1.54) is 11.0 Å². The van der Waals surface area contributed by atoms with Crippen molar-refractivity contribution in [2.75, 3.05) is 4.90 Å². The molecule has 246 valence electrons. The summed E-state index contributed by atoms with van der Waals surface area (Å²) in [6, 6.07) is 32.7. The number of carbonyl (C=O) groups excluding carboxylic acids is 4. The van der Waals surface area contributed by atoms with Gasteiger partial charge in [-0.25, -0.2) is 0 Å². The van der Waals surface area contributed by atoms with Crippen LogP contribution < -0.4 is 9.64 Å². The number of anilines is 1. The predicted octanol–water partition coefficient (Wildman–Crippen LogP) is 6.77. The van der Waals surface area contributed by atoms with Gasteiger partial charge in [-0.15, -0.1) is 0 Å². The van der Waals surface area contributed by atoms with Crippen LogP contribution in [0.3, 0.4) is 0 Å². The van der Waals surface area contributed by atoms with Crippen molar-refractivity contribution in [1.29, 1.82) is 0 Å². The van der Waals surface area contributed by atoms with Crippen molar-refractivity contribution in [3.05, 3.63) is 155 Å². The molecule has 7 heteroatoms. The molecule has 7 nitrogen and oxygen atoms in total. The Morgan fingerprint density at radius 1 is 0.780 bits per heavy atom. The lowest BCUT2D eigenvalue weighted by atomic mass is 9.44. The number of ether oxygens (including phenoxy) is 1. The summed E-state index contributed by atoms with van der Waals surface area (Å²) in [6.45, 7) is 0. The van der Waals surface area contributed by atoms with Crippen LogP contribution in [0.15, 0.2) is 139 Å². The second kappa shape index (κ2) is 11.4. The molecule has 0 unspecified atom stereocenters. The minimum atomic E-state index is -1.33. The molecular weight excluding hydrogens is 626 g/mol. The van der Waals surface area contributed by atoms with E-state index >= 15 is 9.59 Å². The molecule has 5 aliphatic rings. The number of imide groups is 1. The summed E-state index contributed by atoms with van der Waals surface area (Å²) < 4.78 is 6.20. The second-order valence-corrected chi connectivity index (χ2v) is 13.9. The van der Waals surface area contributed by atoms with Crippen LogP contribution >= 0.6 is 0 Å². The van der Waals surface area contributed by atoms with Gasteiger partial charge in [-0.1, -0.05) is 90.5 Å². The number of hydrogen-bond donors (Lipinski definition) is 1. The molecule has 1 N–H and O–H groups in total. The van der Waals surface area contributed by atoms with Crippen LogP contribution in [0.5, 0.6) is 11.5 Å². The molecule has 1 saturated carbocycles. The summed E-state index contributed by atoms with van der Waals surface area (Å²) in [5.74, 6) is -3.35. The van der Waals surface area contributed by atoms with E-state index in [4.69, 9.17) is 4.74 Å². The number of aromatic hydroxyl groups is 1. The van der Waals surface area contributed by atoms with Crippen LogP contribution in [-0.4, -0.2) is 28.5 Å². The number of fused-ring (bicyclic) bond motifs is 5. The SMILES string of the molecule is O=C1C(c2ccccc2)=CC(=O)[C@@]2(c3ccccc3)[C@@H](C3=COc4ccc(O)cc4C3)C3=CC[C@@H]4C(=O)N(c5ccccc5)C(=O)[C@@H]4[C@@H]3C[C@@H]12. The van der Waals surface area contributed by atoms with Gasteiger partial charge < -0.3 is 9.84 Å². The summed E-state index contributed by atoms with van der Waals surface area (Å²) in [4.78, 5) is 60.0. The number of para-hydroxylation sites is 1. The highest BCUT2D eigenvalue weighted by molar-refractivity contribution is 6.31. The number of amides is 2. The summed E-state index contributed by atoms with van der Waals surface area (Å²) >= 11 is 0. The molecule has 9 rings (SSSR count). The van der Waals surface area contributed by atoms with Crippen molar-refractivity contribution in [1.82, 2.24) is 0 Å². The van der Waals surface area contributed by atoms with Gasteiger partial charge >= 0.3 is 0 Å². The highest BCUT2D eigenvalue weighted by Crippen LogP contribution is 2.63. The molecule has 6 atom stereocenters. The molecule has 0 bridgehead atoms. The summed E-state index contributed by atoms with van der Waals surface area (Å²) in [5, 5.41) is 10.4. The first-order valence-electron chi connectivity index (χ1n) is 17.1. The van der Waals surface area contributed by atoms with Gasteiger partial charge in [-0.2, -0.15) is 0 Å². The molecule has 2 aliphatic heterocycles. The van der Waals surface area contributed by atoms with Gasteiger partial charge in [0.25, 0.3) is 0 Å². The zero-order valence-electron chi connectivity index (χ0n) is 27.1. The molecule has 1 saturated heterocycles. The fourth-order valence-corrected chi connectivity index (χ4v) is 9.52. The van der Waals surface area contributed by atoms with Gasteiger partial charge in [0.05, 0.1) is 29.2 Å². The topological polar surface area (TPSA) is 101 Å². The zero-order valence-corrected chi connectivity index (χ0v) is 27.1. The van der Waals surface area contributed by atoms with E-state index < -0.39 is 35.0 Å². The lowest BCUT2D eigenvalue weighted by Crippen LogP contribution is -2.60. The van der Waals surface area contributed by atoms with Crippen molar-refractivity contribution >= 4 is 34.6 Å². The summed E-state index contributed by atoms with van der Waals surface area (Å²) in [7, 11) is 0. The normalized spacial score (nSPS) is 28.4. The van der Waals surface area contributed by atoms with E-state index in [9.17, 15) is 14.7 Å². The van der Waals surface area contributed by atoms with Crippen molar-refractivity contribution in [3.8, 4) is 11.5 Å². The van der Waals surface area contributed by atoms with Gasteiger partial charge in [-0.05, 0) is 71.9 Å². The smallest absolute Gasteiger partial charge is 0.238 e. The highest BCUT2D eigenvalue weighted by atomic mass is 16.5. The number of hydrogen-bond acceptors (Lipinski definition) is 6. The Bertz CT molecular complexity index is 2190. The van der Waals surface area contributed by atoms with Crippen LogP contribution in [0.2, 0.25) is 0 Å². The number of allylic oxidation sites excluding steroid dienone is 5. The second-order valence-electron chi connectivity index (χ2n) is 13.9. The minimum absolute atomic E-state index is 0.0981. The van der Waals surface area contributed by atoms with E-state index in [-0.39, 0.29) is 35.6 Å². The maximum Gasteiger partial charge on any atom is 0.238 e. The first kappa shape index (κ1) is 30.3. The Labute approximate surface area is 289 Å². The number of benzene rings is 4. The first-order valence-corrected chi connectivity index (χ1v) is 17.1. The molecule has 2 amide bonds. The minimum Gasteiger partial charge on any atom is -0.508 e. The molecule has 0 spiro atoms. The third kappa shape index (κ3) is 4.29. The van der Waals surface area contributed by atoms with E-state index in [1.54, 1.807) is 48.7 Å². The fourth-order valence-electron chi connectivity index (χ4n) is 9.52. The summed E-state index contributed by atoms with van der Waals surface area (Å²) in [5.41, 5.74) is 3.37. The first-order chi connectivity index (χ1) is 24.4. The predicted molar refractivity (Wildman–Crippen MR) is 187 cm³/mol. The summed E-state index contributed by atoms with van der Waals surface area (Å²) in [6.07, 6.45) is 6.21. The number of rotatable bonds is 4. The molecule has 2 fully saturated rings. The molecular formula is C43H33NO6. The number of Topliss-reactive ketones (excluding diaryl/α,β-unsaturated/α-hetero) is 1. The van der Waals surface area contributed by atoms with Crippen LogP contribution in [-0.2, 0) is 31.0 Å². The molecule has 0 aromatic heterocycles. The number of phenolic OH excluding ortho intramolecular Hbond substituents is 1. The number of carbonyl (C=O) groups is 4.